The highest BCUT2D eigenvalue weighted by molar-refractivity contribution is 7.07. The van der Waals surface area contributed by atoms with Crippen molar-refractivity contribution in [3.8, 4) is 5.75 Å². The lowest BCUT2D eigenvalue weighted by atomic mass is 10.2. The number of ether oxygens (including phenoxy) is 1. The Labute approximate surface area is 123 Å². The standard InChI is InChI=1S/C14H13N3O3S/c15-12(18)8-20-10-3-1-9(2-4-10)7-11-13(19)17-6-5-16-14(17)21-11/h1-4,7H,5-6,8H2,(H2,15,18)/b11-7+. The summed E-state index contributed by atoms with van der Waals surface area (Å²) in [5.74, 6) is 0.0434. The van der Waals surface area contributed by atoms with Crippen LogP contribution in [0.15, 0.2) is 34.1 Å². The van der Waals surface area contributed by atoms with E-state index in [1.54, 1.807) is 16.7 Å². The Bertz CT molecular complexity index is 849. The van der Waals surface area contributed by atoms with E-state index in [4.69, 9.17) is 10.5 Å². The normalized spacial score (nSPS) is 13.8. The van der Waals surface area contributed by atoms with Gasteiger partial charge in [-0.3, -0.25) is 19.1 Å². The summed E-state index contributed by atoms with van der Waals surface area (Å²) in [4.78, 5) is 27.8. The van der Waals surface area contributed by atoms with E-state index in [-0.39, 0.29) is 12.2 Å². The highest BCUT2D eigenvalue weighted by Gasteiger charge is 2.09. The van der Waals surface area contributed by atoms with Gasteiger partial charge in [0.15, 0.2) is 11.4 Å². The van der Waals surface area contributed by atoms with Crippen LogP contribution in [-0.2, 0) is 11.3 Å². The molecule has 0 atom stereocenters. The van der Waals surface area contributed by atoms with Crippen molar-refractivity contribution in [3.63, 3.8) is 0 Å². The molecule has 1 aliphatic heterocycles. The fourth-order valence-electron chi connectivity index (χ4n) is 2.03. The van der Waals surface area contributed by atoms with E-state index in [9.17, 15) is 9.59 Å². The second kappa shape index (κ2) is 5.53. The zero-order valence-electron chi connectivity index (χ0n) is 11.1. The van der Waals surface area contributed by atoms with E-state index >= 15 is 0 Å². The van der Waals surface area contributed by atoms with Crippen LogP contribution in [0.3, 0.4) is 0 Å². The van der Waals surface area contributed by atoms with Crippen molar-refractivity contribution < 1.29 is 9.53 Å². The van der Waals surface area contributed by atoms with Crippen molar-refractivity contribution in [1.29, 1.82) is 0 Å². The molecule has 0 radical (unpaired) electrons. The number of rotatable bonds is 4. The third-order valence-corrected chi connectivity index (χ3v) is 4.06. The van der Waals surface area contributed by atoms with Gasteiger partial charge in [0, 0.05) is 6.54 Å². The molecule has 108 valence electrons. The zero-order chi connectivity index (χ0) is 14.8. The number of carbonyl (C=O) groups is 1. The fourth-order valence-corrected chi connectivity index (χ4v) is 3.06. The van der Waals surface area contributed by atoms with Gasteiger partial charge < -0.3 is 10.5 Å². The van der Waals surface area contributed by atoms with Gasteiger partial charge in [0.1, 0.15) is 5.75 Å². The van der Waals surface area contributed by atoms with Gasteiger partial charge >= 0.3 is 0 Å². The van der Waals surface area contributed by atoms with Gasteiger partial charge in [-0.05, 0) is 23.8 Å². The summed E-state index contributed by atoms with van der Waals surface area (Å²) in [6, 6.07) is 7.11. The summed E-state index contributed by atoms with van der Waals surface area (Å²) in [5, 5.41) is 0. The van der Waals surface area contributed by atoms with Crippen LogP contribution in [0.4, 0.5) is 0 Å². The number of fused-ring (bicyclic) bond motifs is 1. The van der Waals surface area contributed by atoms with Crippen molar-refractivity contribution >= 4 is 23.3 Å². The van der Waals surface area contributed by atoms with E-state index in [1.165, 1.54) is 11.3 Å². The number of benzene rings is 1. The molecule has 21 heavy (non-hydrogen) atoms. The number of hydrogen-bond acceptors (Lipinski definition) is 5. The number of thiazole rings is 1. The Kier molecular flexibility index (Phi) is 3.57. The molecular formula is C14H13N3O3S. The van der Waals surface area contributed by atoms with E-state index in [2.05, 4.69) is 4.99 Å². The Morgan fingerprint density at radius 1 is 1.43 bits per heavy atom. The third-order valence-electron chi connectivity index (χ3n) is 3.02. The minimum atomic E-state index is -0.518. The Morgan fingerprint density at radius 2 is 2.19 bits per heavy atom. The van der Waals surface area contributed by atoms with Crippen molar-refractivity contribution in [2.45, 2.75) is 6.54 Å². The molecule has 1 aromatic heterocycles. The van der Waals surface area contributed by atoms with E-state index in [0.29, 0.717) is 23.4 Å². The molecule has 0 unspecified atom stereocenters. The van der Waals surface area contributed by atoms with Crippen LogP contribution in [0.2, 0.25) is 0 Å². The summed E-state index contributed by atoms with van der Waals surface area (Å²) in [5.41, 5.74) is 5.90. The zero-order valence-corrected chi connectivity index (χ0v) is 11.9. The number of hydrogen-bond donors (Lipinski definition) is 1. The van der Waals surface area contributed by atoms with Crippen LogP contribution in [0.5, 0.6) is 5.75 Å². The minimum absolute atomic E-state index is 0.00491. The lowest BCUT2D eigenvalue weighted by Gasteiger charge is -2.03. The molecule has 0 saturated heterocycles. The van der Waals surface area contributed by atoms with Crippen LogP contribution < -0.4 is 25.4 Å². The van der Waals surface area contributed by atoms with E-state index in [1.807, 2.05) is 18.2 Å². The largest absolute Gasteiger partial charge is 0.484 e. The number of carbonyl (C=O) groups excluding carboxylic acids is 1. The van der Waals surface area contributed by atoms with E-state index in [0.717, 1.165) is 10.4 Å². The average molecular weight is 303 g/mol. The highest BCUT2D eigenvalue weighted by atomic mass is 32.1. The maximum Gasteiger partial charge on any atom is 0.270 e. The lowest BCUT2D eigenvalue weighted by molar-refractivity contribution is -0.119. The summed E-state index contributed by atoms with van der Waals surface area (Å²) >= 11 is 1.40. The monoisotopic (exact) mass is 303 g/mol. The summed E-state index contributed by atoms with van der Waals surface area (Å²) < 4.78 is 7.54. The third kappa shape index (κ3) is 2.87. The predicted octanol–water partition coefficient (Wildman–Crippen LogP) is -0.764. The molecule has 0 bridgehead atoms. The number of nitrogens with two attached hydrogens (primary N) is 1. The van der Waals surface area contributed by atoms with Crippen molar-refractivity contribution in [2.75, 3.05) is 13.2 Å². The van der Waals surface area contributed by atoms with Gasteiger partial charge in [-0.15, -0.1) is 0 Å². The maximum absolute atomic E-state index is 12.1. The second-order valence-electron chi connectivity index (χ2n) is 4.56. The summed E-state index contributed by atoms with van der Waals surface area (Å²) in [7, 11) is 0. The number of primary amides is 1. The first-order valence-corrected chi connectivity index (χ1v) is 7.22. The Balaban J connectivity index is 1.87. The molecule has 7 heteroatoms. The molecular weight excluding hydrogens is 290 g/mol. The number of nitrogens with zero attached hydrogens (tertiary/aromatic N) is 2. The van der Waals surface area contributed by atoms with Crippen LogP contribution in [0, 0.1) is 0 Å². The quantitative estimate of drug-likeness (QED) is 0.805. The van der Waals surface area contributed by atoms with Gasteiger partial charge in [0.05, 0.1) is 11.1 Å². The van der Waals surface area contributed by atoms with E-state index < -0.39 is 5.91 Å². The summed E-state index contributed by atoms with van der Waals surface area (Å²) in [6.45, 7) is 1.20. The maximum atomic E-state index is 12.1. The van der Waals surface area contributed by atoms with Gasteiger partial charge in [-0.25, -0.2) is 0 Å². The Morgan fingerprint density at radius 3 is 2.86 bits per heavy atom. The van der Waals surface area contributed by atoms with Gasteiger partial charge in [0.25, 0.3) is 11.5 Å². The fraction of sp³-hybridized carbons (Fsp3) is 0.214. The van der Waals surface area contributed by atoms with Crippen molar-refractivity contribution in [2.24, 2.45) is 10.7 Å². The van der Waals surface area contributed by atoms with Crippen molar-refractivity contribution in [1.82, 2.24) is 4.57 Å². The molecule has 1 aromatic carbocycles. The van der Waals surface area contributed by atoms with Crippen LogP contribution in [0.1, 0.15) is 5.56 Å². The molecule has 2 N–H and O–H groups in total. The first-order valence-electron chi connectivity index (χ1n) is 6.40. The molecule has 1 amide bonds. The van der Waals surface area contributed by atoms with Gasteiger partial charge in [-0.1, -0.05) is 23.5 Å². The Hall–Kier alpha value is -2.41. The molecule has 0 spiro atoms. The van der Waals surface area contributed by atoms with Crippen LogP contribution >= 0.6 is 11.3 Å². The average Bonchev–Trinajstić information content (AvgIpc) is 3.03. The molecule has 3 rings (SSSR count). The number of amides is 1. The smallest absolute Gasteiger partial charge is 0.270 e. The van der Waals surface area contributed by atoms with Gasteiger partial charge in [0.2, 0.25) is 0 Å². The molecule has 0 fully saturated rings. The first-order chi connectivity index (χ1) is 10.1. The summed E-state index contributed by atoms with van der Waals surface area (Å²) in [6.07, 6.45) is 1.83. The van der Waals surface area contributed by atoms with Crippen molar-refractivity contribution in [3.05, 3.63) is 49.5 Å². The van der Waals surface area contributed by atoms with Gasteiger partial charge in [-0.2, -0.15) is 0 Å². The predicted molar refractivity (Wildman–Crippen MR) is 78.9 cm³/mol. The SMILES string of the molecule is NC(=O)COc1ccc(/C=c2/sc3n(c2=O)CCN=3)cc1. The number of aromatic nitrogens is 1. The first kappa shape index (κ1) is 13.6. The lowest BCUT2D eigenvalue weighted by Crippen LogP contribution is -2.29. The van der Waals surface area contributed by atoms with Crippen LogP contribution in [0.25, 0.3) is 6.08 Å². The molecule has 0 saturated carbocycles. The second-order valence-corrected chi connectivity index (χ2v) is 5.56. The minimum Gasteiger partial charge on any atom is -0.484 e. The highest BCUT2D eigenvalue weighted by Crippen LogP contribution is 2.12. The molecule has 2 heterocycles. The molecule has 0 aliphatic carbocycles. The van der Waals surface area contributed by atoms with Crippen LogP contribution in [-0.4, -0.2) is 23.6 Å². The molecule has 1 aliphatic rings. The topological polar surface area (TPSA) is 86.7 Å². The molecule has 6 nitrogen and oxygen atoms in total. The molecule has 2 aromatic rings.